The number of hydrogen-bond acceptors (Lipinski definition) is 7. The number of aliphatic hydroxyl groups excluding tert-OH is 1. The molecule has 2 aromatic rings. The summed E-state index contributed by atoms with van der Waals surface area (Å²) in [6, 6.07) is 16.2. The lowest BCUT2D eigenvalue weighted by atomic mass is 9.65. The van der Waals surface area contributed by atoms with E-state index >= 15 is 0 Å². The second-order valence-corrected chi connectivity index (χ2v) is 14.3. The minimum Gasteiger partial charge on any atom is -0.392 e. The van der Waals surface area contributed by atoms with Gasteiger partial charge in [-0.3, -0.25) is 19.7 Å². The highest BCUT2D eigenvalue weighted by atomic mass is 16.7. The predicted octanol–water partition coefficient (Wildman–Crippen LogP) is 6.02. The molecule has 9 nitrogen and oxygen atoms in total. The van der Waals surface area contributed by atoms with Gasteiger partial charge in [0.05, 0.1) is 18.8 Å². The van der Waals surface area contributed by atoms with E-state index in [-0.39, 0.29) is 31.1 Å². The summed E-state index contributed by atoms with van der Waals surface area (Å²) in [6.45, 7) is 9.20. The minimum atomic E-state index is -0.584. The number of carbonyl (C=O) groups excluding carboxylic acids is 2. The highest BCUT2D eigenvalue weighted by Crippen LogP contribution is 2.53. The molecule has 5 rings (SSSR count). The number of fused-ring (bicyclic) bond motifs is 2. The third-order valence-electron chi connectivity index (χ3n) is 9.45. The largest absolute Gasteiger partial charge is 0.392 e. The lowest BCUT2D eigenvalue weighted by Crippen LogP contribution is -2.42. The molecule has 5 atom stereocenters. The minimum absolute atomic E-state index is 0.00497. The molecular formula is C35H49N3O6. The van der Waals surface area contributed by atoms with Crippen molar-refractivity contribution < 1.29 is 29.4 Å². The molecule has 2 aromatic carbocycles. The number of hydrogen-bond donors (Lipinski definition) is 4. The number of hydroxylamine groups is 1. The first-order valence-electron chi connectivity index (χ1n) is 16.1. The van der Waals surface area contributed by atoms with Crippen LogP contribution in [0.15, 0.2) is 48.5 Å². The van der Waals surface area contributed by atoms with E-state index in [1.54, 1.807) is 5.48 Å². The molecule has 2 bridgehead atoms. The summed E-state index contributed by atoms with van der Waals surface area (Å²) in [5.41, 5.74) is 5.80. The van der Waals surface area contributed by atoms with Crippen LogP contribution in [-0.4, -0.2) is 52.3 Å². The monoisotopic (exact) mass is 607 g/mol. The van der Waals surface area contributed by atoms with Crippen LogP contribution in [0.1, 0.15) is 108 Å². The standard InChI is InChI=1S/C35H49N3O6/c1-34(2)18-28-19-35(3,22-34)23-38(28)20-29-17-30(25-14-12-24(21-39)13-15-25)44-33(43-29)26-8-7-9-27(16-26)36-31(40)10-5-4-6-11-32(41)37-42/h7-9,12-16,28-30,33,39,42H,4-6,10-11,17-23H2,1-3H3,(H,36,40)(H,37,41)/t28?,29-,30+,33+,35?/m1/s1. The fourth-order valence-corrected chi connectivity index (χ4v) is 7.88. The van der Waals surface area contributed by atoms with Gasteiger partial charge in [0, 0.05) is 49.6 Å². The number of amides is 2. The van der Waals surface area contributed by atoms with Gasteiger partial charge in [0.1, 0.15) is 0 Å². The molecule has 2 unspecified atom stereocenters. The number of anilines is 1. The molecule has 4 N–H and O–H groups in total. The topological polar surface area (TPSA) is 120 Å². The van der Waals surface area contributed by atoms with Gasteiger partial charge >= 0.3 is 0 Å². The Morgan fingerprint density at radius 2 is 1.70 bits per heavy atom. The van der Waals surface area contributed by atoms with Gasteiger partial charge in [-0.15, -0.1) is 0 Å². The maximum atomic E-state index is 12.6. The van der Waals surface area contributed by atoms with Crippen LogP contribution in [0.3, 0.4) is 0 Å². The van der Waals surface area contributed by atoms with Crippen LogP contribution in [0.5, 0.6) is 0 Å². The lowest BCUT2D eigenvalue weighted by molar-refractivity contribution is -0.253. The van der Waals surface area contributed by atoms with Gasteiger partial charge in [0.25, 0.3) is 0 Å². The van der Waals surface area contributed by atoms with Crippen molar-refractivity contribution in [3.8, 4) is 0 Å². The van der Waals surface area contributed by atoms with Crippen molar-refractivity contribution in [2.45, 2.75) is 110 Å². The van der Waals surface area contributed by atoms with Gasteiger partial charge in [-0.2, -0.15) is 0 Å². The molecule has 1 aliphatic carbocycles. The van der Waals surface area contributed by atoms with Crippen LogP contribution in [0.4, 0.5) is 5.69 Å². The molecule has 9 heteroatoms. The normalized spacial score (nSPS) is 28.0. The Morgan fingerprint density at radius 1 is 0.955 bits per heavy atom. The molecule has 2 amide bonds. The summed E-state index contributed by atoms with van der Waals surface area (Å²) in [6.07, 6.45) is 6.28. The summed E-state index contributed by atoms with van der Waals surface area (Å²) in [5, 5.41) is 21.1. The van der Waals surface area contributed by atoms with E-state index in [4.69, 9.17) is 14.7 Å². The number of nitrogens with one attached hydrogen (secondary N) is 2. The highest BCUT2D eigenvalue weighted by Gasteiger charge is 2.50. The number of rotatable bonds is 12. The molecule has 3 aliphatic rings. The number of unbranched alkanes of at least 4 members (excludes halogenated alkanes) is 2. The van der Waals surface area contributed by atoms with E-state index in [2.05, 4.69) is 31.0 Å². The molecule has 1 saturated carbocycles. The maximum absolute atomic E-state index is 12.6. The van der Waals surface area contributed by atoms with Gasteiger partial charge in [0.2, 0.25) is 11.8 Å². The number of nitrogens with zero attached hydrogens (tertiary/aromatic N) is 1. The quantitative estimate of drug-likeness (QED) is 0.132. The number of likely N-dealkylation sites (tertiary alicyclic amines) is 1. The van der Waals surface area contributed by atoms with Crippen molar-refractivity contribution in [1.29, 1.82) is 0 Å². The first-order chi connectivity index (χ1) is 21.0. The summed E-state index contributed by atoms with van der Waals surface area (Å²) in [5.74, 6) is -0.498. The van der Waals surface area contributed by atoms with Crippen LogP contribution in [0.2, 0.25) is 0 Å². The molecule has 3 fully saturated rings. The predicted molar refractivity (Wildman–Crippen MR) is 168 cm³/mol. The van der Waals surface area contributed by atoms with Crippen molar-refractivity contribution in [1.82, 2.24) is 10.4 Å². The fraction of sp³-hybridized carbons (Fsp3) is 0.600. The summed E-state index contributed by atoms with van der Waals surface area (Å²) in [4.78, 5) is 26.4. The Hall–Kier alpha value is -2.82. The van der Waals surface area contributed by atoms with Crippen molar-refractivity contribution in [2.24, 2.45) is 10.8 Å². The van der Waals surface area contributed by atoms with Crippen LogP contribution in [-0.2, 0) is 25.7 Å². The van der Waals surface area contributed by atoms with E-state index in [0.717, 1.165) is 42.6 Å². The second kappa shape index (κ2) is 14.1. The van der Waals surface area contributed by atoms with Crippen molar-refractivity contribution in [2.75, 3.05) is 18.4 Å². The van der Waals surface area contributed by atoms with Crippen molar-refractivity contribution in [3.63, 3.8) is 0 Å². The zero-order chi connectivity index (χ0) is 31.3. The van der Waals surface area contributed by atoms with Crippen molar-refractivity contribution >= 4 is 17.5 Å². The Morgan fingerprint density at radius 3 is 2.43 bits per heavy atom. The average molecular weight is 608 g/mol. The molecule has 2 saturated heterocycles. The van der Waals surface area contributed by atoms with Crippen LogP contribution in [0, 0.1) is 10.8 Å². The van der Waals surface area contributed by atoms with Gasteiger partial charge in [-0.25, -0.2) is 5.48 Å². The molecule has 44 heavy (non-hydrogen) atoms. The second-order valence-electron chi connectivity index (χ2n) is 14.3. The molecule has 240 valence electrons. The Kier molecular flexibility index (Phi) is 10.4. The van der Waals surface area contributed by atoms with Gasteiger partial charge < -0.3 is 19.9 Å². The first kappa shape index (κ1) is 32.6. The Bertz CT molecular complexity index is 1280. The van der Waals surface area contributed by atoms with Gasteiger partial charge in [-0.1, -0.05) is 63.6 Å². The molecule has 0 spiro atoms. The molecule has 2 heterocycles. The zero-order valence-corrected chi connectivity index (χ0v) is 26.4. The van der Waals surface area contributed by atoms with Gasteiger partial charge in [-0.05, 0) is 66.2 Å². The molecule has 2 aliphatic heterocycles. The third kappa shape index (κ3) is 8.46. The fourth-order valence-electron chi connectivity index (χ4n) is 7.88. The lowest BCUT2D eigenvalue weighted by Gasteiger charge is -2.41. The van der Waals surface area contributed by atoms with Gasteiger partial charge in [0.15, 0.2) is 6.29 Å². The number of ether oxygens (including phenoxy) is 2. The van der Waals surface area contributed by atoms with Crippen LogP contribution >= 0.6 is 0 Å². The van der Waals surface area contributed by atoms with E-state index in [9.17, 15) is 14.7 Å². The number of aliphatic hydroxyl groups is 1. The van der Waals surface area contributed by atoms with E-state index in [1.165, 1.54) is 19.3 Å². The highest BCUT2D eigenvalue weighted by molar-refractivity contribution is 5.90. The van der Waals surface area contributed by atoms with E-state index in [1.807, 2.05) is 48.5 Å². The Balaban J connectivity index is 1.26. The van der Waals surface area contributed by atoms with E-state index in [0.29, 0.717) is 41.8 Å². The number of benzene rings is 2. The van der Waals surface area contributed by atoms with Crippen molar-refractivity contribution in [3.05, 3.63) is 65.2 Å². The van der Waals surface area contributed by atoms with Crippen LogP contribution in [0.25, 0.3) is 0 Å². The average Bonchev–Trinajstić information content (AvgIpc) is 3.23. The molecular weight excluding hydrogens is 558 g/mol. The third-order valence-corrected chi connectivity index (χ3v) is 9.45. The van der Waals surface area contributed by atoms with Crippen LogP contribution < -0.4 is 10.8 Å². The molecule has 0 radical (unpaired) electrons. The first-order valence-corrected chi connectivity index (χ1v) is 16.1. The zero-order valence-electron chi connectivity index (χ0n) is 26.4. The number of carbonyl (C=O) groups is 2. The molecule has 0 aromatic heterocycles. The summed E-state index contributed by atoms with van der Waals surface area (Å²) < 4.78 is 13.3. The Labute approximate surface area is 261 Å². The SMILES string of the molecule is CC1(C)CC2CC(C)(CN2C[C@H]2C[C@@H](c3ccc(CO)cc3)O[C@@H](c3cccc(NC(=O)CCCCCC(=O)NO)c3)O2)C1. The maximum Gasteiger partial charge on any atom is 0.243 e. The smallest absolute Gasteiger partial charge is 0.243 e. The summed E-state index contributed by atoms with van der Waals surface area (Å²) in [7, 11) is 0. The van der Waals surface area contributed by atoms with E-state index < -0.39 is 12.2 Å². The summed E-state index contributed by atoms with van der Waals surface area (Å²) >= 11 is 0.